The molecule has 1 heterocycles. The molecule has 1 aliphatic heterocycles. The van der Waals surface area contributed by atoms with Crippen LogP contribution in [0.3, 0.4) is 0 Å². The smallest absolute Gasteiger partial charge is 0.132 e. The van der Waals surface area contributed by atoms with Gasteiger partial charge >= 0.3 is 0 Å². The van der Waals surface area contributed by atoms with Crippen LogP contribution >= 0.6 is 0 Å². The van der Waals surface area contributed by atoms with E-state index in [9.17, 15) is 0 Å². The number of benzene rings is 10. The van der Waals surface area contributed by atoms with Gasteiger partial charge in [-0.3, -0.25) is 0 Å². The molecule has 0 amide bonds. The minimum absolute atomic E-state index is 0.699. The number of fused-ring (bicyclic) bond motifs is 7. The molecule has 0 radical (unpaired) electrons. The van der Waals surface area contributed by atoms with E-state index in [0.29, 0.717) is 0 Å². The molecule has 0 N–H and O–H groups in total. The molecular formula is C55H36O. The Bertz CT molecular complexity index is 2990. The summed E-state index contributed by atoms with van der Waals surface area (Å²) in [5, 5.41) is 7.21. The number of rotatable bonds is 5. The summed E-state index contributed by atoms with van der Waals surface area (Å²) in [5.41, 5.74) is 11.3. The molecule has 0 fully saturated rings. The van der Waals surface area contributed by atoms with E-state index in [1.807, 2.05) is 0 Å². The van der Waals surface area contributed by atoms with E-state index in [1.54, 1.807) is 0 Å². The van der Waals surface area contributed by atoms with Crippen molar-refractivity contribution < 1.29 is 4.74 Å². The minimum atomic E-state index is -0.699. The van der Waals surface area contributed by atoms with Gasteiger partial charge in [0.05, 0.1) is 5.41 Å². The summed E-state index contributed by atoms with van der Waals surface area (Å²) in [4.78, 5) is 0. The molecule has 0 bridgehead atoms. The SMILES string of the molecule is c1ccc(-c2ccc(C3(c4ccc(-c5ccc6cc(-c7ccccc7)ccc6c5)cc4)c4c(ccc5ccccc45)Oc4ccc5ccccc5c43)cc2)cc1. The van der Waals surface area contributed by atoms with Crippen LogP contribution in [0.1, 0.15) is 22.3 Å². The first-order chi connectivity index (χ1) is 27.7. The zero-order valence-electron chi connectivity index (χ0n) is 30.7. The highest BCUT2D eigenvalue weighted by Crippen LogP contribution is 2.59. The fourth-order valence-corrected chi connectivity index (χ4v) is 9.13. The van der Waals surface area contributed by atoms with Gasteiger partial charge in [-0.05, 0) is 101 Å². The Labute approximate surface area is 326 Å². The van der Waals surface area contributed by atoms with Gasteiger partial charge in [0.2, 0.25) is 0 Å². The van der Waals surface area contributed by atoms with E-state index in [0.717, 1.165) is 11.5 Å². The predicted octanol–water partition coefficient (Wildman–Crippen LogP) is 14.6. The molecule has 56 heavy (non-hydrogen) atoms. The third kappa shape index (κ3) is 5.09. The lowest BCUT2D eigenvalue weighted by Crippen LogP contribution is -2.34. The van der Waals surface area contributed by atoms with Crippen molar-refractivity contribution in [1.29, 1.82) is 0 Å². The molecule has 0 aliphatic carbocycles. The quantitative estimate of drug-likeness (QED) is 0.173. The molecule has 0 spiro atoms. The molecule has 11 rings (SSSR count). The summed E-state index contributed by atoms with van der Waals surface area (Å²) in [6, 6.07) is 79.6. The number of hydrogen-bond donors (Lipinski definition) is 0. The van der Waals surface area contributed by atoms with E-state index in [1.165, 1.54) is 88.0 Å². The van der Waals surface area contributed by atoms with Gasteiger partial charge in [-0.15, -0.1) is 0 Å². The Balaban J connectivity index is 1.14. The Hall–Kier alpha value is -7.22. The number of ether oxygens (including phenoxy) is 1. The maximum absolute atomic E-state index is 6.96. The molecule has 1 aliphatic rings. The van der Waals surface area contributed by atoms with Crippen LogP contribution in [0.2, 0.25) is 0 Å². The Morgan fingerprint density at radius 3 is 1.11 bits per heavy atom. The highest BCUT2D eigenvalue weighted by Gasteiger charge is 2.47. The van der Waals surface area contributed by atoms with Crippen molar-refractivity contribution in [1.82, 2.24) is 0 Å². The summed E-state index contributed by atoms with van der Waals surface area (Å²) < 4.78 is 6.96. The predicted molar refractivity (Wildman–Crippen MR) is 234 cm³/mol. The maximum atomic E-state index is 6.96. The van der Waals surface area contributed by atoms with Crippen molar-refractivity contribution in [3.8, 4) is 44.9 Å². The van der Waals surface area contributed by atoms with Crippen molar-refractivity contribution in [2.24, 2.45) is 0 Å². The van der Waals surface area contributed by atoms with Crippen LogP contribution in [-0.4, -0.2) is 0 Å². The van der Waals surface area contributed by atoms with Crippen molar-refractivity contribution >= 4 is 32.3 Å². The summed E-state index contributed by atoms with van der Waals surface area (Å²) in [6.45, 7) is 0. The summed E-state index contributed by atoms with van der Waals surface area (Å²) in [5.74, 6) is 1.76. The van der Waals surface area contributed by atoms with Gasteiger partial charge in [0.1, 0.15) is 11.5 Å². The molecule has 1 heteroatoms. The largest absolute Gasteiger partial charge is 0.457 e. The van der Waals surface area contributed by atoms with E-state index in [2.05, 4.69) is 218 Å². The van der Waals surface area contributed by atoms with Gasteiger partial charge in [0.15, 0.2) is 0 Å². The van der Waals surface area contributed by atoms with Gasteiger partial charge in [0.25, 0.3) is 0 Å². The molecule has 0 saturated heterocycles. The van der Waals surface area contributed by atoms with Gasteiger partial charge < -0.3 is 4.74 Å². The molecule has 0 atom stereocenters. The average Bonchev–Trinajstić information content (AvgIpc) is 3.28. The van der Waals surface area contributed by atoms with E-state index < -0.39 is 5.41 Å². The summed E-state index contributed by atoms with van der Waals surface area (Å²) >= 11 is 0. The molecule has 0 aromatic heterocycles. The van der Waals surface area contributed by atoms with E-state index in [4.69, 9.17) is 4.74 Å². The first-order valence-corrected chi connectivity index (χ1v) is 19.3. The Morgan fingerprint density at radius 1 is 0.268 bits per heavy atom. The topological polar surface area (TPSA) is 9.23 Å². The van der Waals surface area contributed by atoms with Gasteiger partial charge in [0, 0.05) is 11.1 Å². The average molecular weight is 713 g/mol. The standard InChI is InChI=1S/C55H36O/c1-3-11-37(12-4-1)39-23-29-47(30-24-39)55(48-31-25-40(26-32-48)44-20-22-45-35-43(19-21-46(45)36-44)38-13-5-2-6-14-38)53-49-17-9-7-15-41(49)27-33-51(53)56-52-34-28-42-16-8-10-18-50(42)54(52)55/h1-36H. The lowest BCUT2D eigenvalue weighted by Gasteiger charge is -2.43. The lowest BCUT2D eigenvalue weighted by atomic mass is 9.61. The van der Waals surface area contributed by atoms with Crippen LogP contribution in [0.4, 0.5) is 0 Å². The minimum Gasteiger partial charge on any atom is -0.457 e. The van der Waals surface area contributed by atoms with Crippen molar-refractivity contribution in [2.75, 3.05) is 0 Å². The van der Waals surface area contributed by atoms with Crippen LogP contribution in [0.25, 0.3) is 65.7 Å². The molecule has 10 aromatic rings. The fraction of sp³-hybridized carbons (Fsp3) is 0.0182. The molecule has 0 saturated carbocycles. The summed E-state index contributed by atoms with van der Waals surface area (Å²) in [6.07, 6.45) is 0. The second-order valence-electron chi connectivity index (χ2n) is 14.8. The van der Waals surface area contributed by atoms with Gasteiger partial charge in [-0.1, -0.05) is 194 Å². The molecule has 0 unspecified atom stereocenters. The van der Waals surface area contributed by atoms with Crippen molar-refractivity contribution in [3.63, 3.8) is 0 Å². The number of hydrogen-bond acceptors (Lipinski definition) is 1. The summed E-state index contributed by atoms with van der Waals surface area (Å²) in [7, 11) is 0. The maximum Gasteiger partial charge on any atom is 0.132 e. The Morgan fingerprint density at radius 2 is 0.625 bits per heavy atom. The molecular weight excluding hydrogens is 677 g/mol. The molecule has 10 aromatic carbocycles. The molecule has 1 nitrogen and oxygen atoms in total. The van der Waals surface area contributed by atoms with Gasteiger partial charge in [-0.2, -0.15) is 0 Å². The van der Waals surface area contributed by atoms with Crippen LogP contribution in [0.15, 0.2) is 218 Å². The zero-order valence-corrected chi connectivity index (χ0v) is 30.7. The lowest BCUT2D eigenvalue weighted by molar-refractivity contribution is 0.439. The van der Waals surface area contributed by atoms with Crippen molar-refractivity contribution in [2.45, 2.75) is 5.41 Å². The third-order valence-electron chi connectivity index (χ3n) is 11.8. The van der Waals surface area contributed by atoms with E-state index in [-0.39, 0.29) is 0 Å². The fourth-order valence-electron chi connectivity index (χ4n) is 9.13. The van der Waals surface area contributed by atoms with E-state index >= 15 is 0 Å². The third-order valence-corrected chi connectivity index (χ3v) is 11.8. The second-order valence-corrected chi connectivity index (χ2v) is 14.8. The van der Waals surface area contributed by atoms with Crippen LogP contribution < -0.4 is 4.74 Å². The van der Waals surface area contributed by atoms with Crippen LogP contribution in [-0.2, 0) is 5.41 Å². The zero-order chi connectivity index (χ0) is 37.1. The first-order valence-electron chi connectivity index (χ1n) is 19.3. The van der Waals surface area contributed by atoms with Crippen LogP contribution in [0.5, 0.6) is 11.5 Å². The van der Waals surface area contributed by atoms with Crippen LogP contribution in [0, 0.1) is 0 Å². The Kier molecular flexibility index (Phi) is 7.47. The van der Waals surface area contributed by atoms with Gasteiger partial charge in [-0.25, -0.2) is 0 Å². The monoisotopic (exact) mass is 712 g/mol. The first kappa shape index (κ1) is 32.2. The highest BCUT2D eigenvalue weighted by atomic mass is 16.5. The van der Waals surface area contributed by atoms with Crippen molar-refractivity contribution in [3.05, 3.63) is 241 Å². The molecule has 262 valence electrons. The normalized spacial score (nSPS) is 12.9. The second kappa shape index (κ2) is 13.0. The highest BCUT2D eigenvalue weighted by molar-refractivity contribution is 5.98.